The zero-order valence-corrected chi connectivity index (χ0v) is 11.2. The molecule has 1 N–H and O–H groups in total. The fourth-order valence-corrected chi connectivity index (χ4v) is 2.02. The number of rotatable bonds is 6. The Hall–Kier alpha value is -1.80. The first kappa shape index (κ1) is 13.6. The number of aliphatic hydroxyl groups excluding tert-OH is 1. The van der Waals surface area contributed by atoms with Crippen molar-refractivity contribution in [1.29, 1.82) is 0 Å². The van der Waals surface area contributed by atoms with Crippen molar-refractivity contribution < 1.29 is 9.84 Å². The highest BCUT2D eigenvalue weighted by Crippen LogP contribution is 2.24. The van der Waals surface area contributed by atoms with E-state index in [0.717, 1.165) is 17.7 Å². The summed E-state index contributed by atoms with van der Waals surface area (Å²) in [5.41, 5.74) is 0.967. The molecule has 0 aliphatic heterocycles. The molecule has 2 unspecified atom stereocenters. The molecule has 2 atom stereocenters. The molecule has 2 heteroatoms. The van der Waals surface area contributed by atoms with Crippen LogP contribution >= 0.6 is 0 Å². The van der Waals surface area contributed by atoms with Crippen molar-refractivity contribution in [3.05, 3.63) is 66.2 Å². The number of ether oxygens (including phenoxy) is 1. The lowest BCUT2D eigenvalue weighted by atomic mass is 9.95. The normalized spacial score (nSPS) is 13.8. The van der Waals surface area contributed by atoms with Crippen LogP contribution in [0.15, 0.2) is 60.7 Å². The average molecular weight is 256 g/mol. The Morgan fingerprint density at radius 1 is 0.947 bits per heavy atom. The highest BCUT2D eigenvalue weighted by atomic mass is 16.5. The topological polar surface area (TPSA) is 29.5 Å². The van der Waals surface area contributed by atoms with E-state index in [2.05, 4.69) is 0 Å². The van der Waals surface area contributed by atoms with Crippen LogP contribution in [0.2, 0.25) is 0 Å². The highest BCUT2D eigenvalue weighted by molar-refractivity contribution is 5.21. The van der Waals surface area contributed by atoms with E-state index in [-0.39, 0.29) is 5.92 Å². The summed E-state index contributed by atoms with van der Waals surface area (Å²) in [6.07, 6.45) is 0.394. The van der Waals surface area contributed by atoms with Gasteiger partial charge in [0.2, 0.25) is 0 Å². The minimum Gasteiger partial charge on any atom is -0.494 e. The number of hydrogen-bond donors (Lipinski definition) is 1. The second kappa shape index (κ2) is 6.95. The lowest BCUT2D eigenvalue weighted by molar-refractivity contribution is 0.102. The first-order valence-corrected chi connectivity index (χ1v) is 6.68. The molecule has 2 rings (SSSR count). The van der Waals surface area contributed by atoms with Crippen LogP contribution in [0, 0.1) is 5.92 Å². The molecule has 0 amide bonds. The SMILES string of the molecule is CC(CCOc1ccccc1)C(O)c1ccccc1. The standard InChI is InChI=1S/C17H20O2/c1-14(17(18)15-8-4-2-5-9-15)12-13-19-16-10-6-3-7-11-16/h2-11,14,17-18H,12-13H2,1H3. The van der Waals surface area contributed by atoms with Crippen LogP contribution in [0.25, 0.3) is 0 Å². The molecule has 0 fully saturated rings. The van der Waals surface area contributed by atoms with Crippen LogP contribution in [0.1, 0.15) is 25.0 Å². The number of hydrogen-bond acceptors (Lipinski definition) is 2. The fourth-order valence-electron chi connectivity index (χ4n) is 2.02. The molecular formula is C17H20O2. The van der Waals surface area contributed by atoms with Crippen molar-refractivity contribution in [2.45, 2.75) is 19.4 Å². The predicted molar refractivity (Wildman–Crippen MR) is 77.1 cm³/mol. The first-order valence-electron chi connectivity index (χ1n) is 6.68. The third-order valence-electron chi connectivity index (χ3n) is 3.27. The van der Waals surface area contributed by atoms with Gasteiger partial charge in [-0.15, -0.1) is 0 Å². The van der Waals surface area contributed by atoms with Gasteiger partial charge in [-0.25, -0.2) is 0 Å². The van der Waals surface area contributed by atoms with E-state index < -0.39 is 6.10 Å². The Morgan fingerprint density at radius 3 is 2.16 bits per heavy atom. The maximum Gasteiger partial charge on any atom is 0.119 e. The van der Waals surface area contributed by atoms with Crippen LogP contribution < -0.4 is 4.74 Å². The van der Waals surface area contributed by atoms with E-state index in [9.17, 15) is 5.11 Å². The molecule has 2 aromatic rings. The largest absolute Gasteiger partial charge is 0.494 e. The van der Waals surface area contributed by atoms with Gasteiger partial charge in [0.05, 0.1) is 12.7 Å². The lowest BCUT2D eigenvalue weighted by Gasteiger charge is -2.19. The molecule has 19 heavy (non-hydrogen) atoms. The summed E-state index contributed by atoms with van der Waals surface area (Å²) in [6.45, 7) is 2.67. The van der Waals surface area contributed by atoms with E-state index in [1.54, 1.807) is 0 Å². The van der Waals surface area contributed by atoms with E-state index in [1.165, 1.54) is 0 Å². The molecule has 2 nitrogen and oxygen atoms in total. The second-order valence-electron chi connectivity index (χ2n) is 4.78. The van der Waals surface area contributed by atoms with Gasteiger partial charge in [0, 0.05) is 0 Å². The molecule has 0 aliphatic rings. The quantitative estimate of drug-likeness (QED) is 0.851. The second-order valence-corrected chi connectivity index (χ2v) is 4.78. The molecule has 0 spiro atoms. The summed E-state index contributed by atoms with van der Waals surface area (Å²) in [5.74, 6) is 1.05. The van der Waals surface area contributed by atoms with Gasteiger partial charge >= 0.3 is 0 Å². The zero-order chi connectivity index (χ0) is 13.5. The predicted octanol–water partition coefficient (Wildman–Crippen LogP) is 3.83. The molecule has 100 valence electrons. The van der Waals surface area contributed by atoms with Crippen LogP contribution in [0.3, 0.4) is 0 Å². The van der Waals surface area contributed by atoms with Gasteiger partial charge in [-0.05, 0) is 30.0 Å². The van der Waals surface area contributed by atoms with E-state index in [4.69, 9.17) is 4.74 Å². The minimum atomic E-state index is -0.430. The van der Waals surface area contributed by atoms with E-state index >= 15 is 0 Å². The van der Waals surface area contributed by atoms with Crippen molar-refractivity contribution in [2.24, 2.45) is 5.92 Å². The maximum absolute atomic E-state index is 10.2. The summed E-state index contributed by atoms with van der Waals surface area (Å²) >= 11 is 0. The lowest BCUT2D eigenvalue weighted by Crippen LogP contribution is -2.12. The van der Waals surface area contributed by atoms with Crippen LogP contribution in [-0.4, -0.2) is 11.7 Å². The van der Waals surface area contributed by atoms with Crippen molar-refractivity contribution >= 4 is 0 Å². The van der Waals surface area contributed by atoms with Crippen molar-refractivity contribution in [2.75, 3.05) is 6.61 Å². The number of para-hydroxylation sites is 1. The van der Waals surface area contributed by atoms with E-state index in [1.807, 2.05) is 67.6 Å². The Labute approximate surface area is 114 Å². The Balaban J connectivity index is 1.80. The third kappa shape index (κ3) is 4.11. The summed E-state index contributed by atoms with van der Waals surface area (Å²) in [7, 11) is 0. The molecule has 0 heterocycles. The van der Waals surface area contributed by atoms with Crippen LogP contribution in [0.5, 0.6) is 5.75 Å². The van der Waals surface area contributed by atoms with Gasteiger partial charge in [0.25, 0.3) is 0 Å². The molecule has 0 saturated heterocycles. The summed E-state index contributed by atoms with van der Waals surface area (Å²) < 4.78 is 5.65. The van der Waals surface area contributed by atoms with Gasteiger partial charge in [-0.2, -0.15) is 0 Å². The average Bonchev–Trinajstić information content (AvgIpc) is 2.48. The Morgan fingerprint density at radius 2 is 1.53 bits per heavy atom. The monoisotopic (exact) mass is 256 g/mol. The molecule has 0 aromatic heterocycles. The van der Waals surface area contributed by atoms with E-state index in [0.29, 0.717) is 6.61 Å². The maximum atomic E-state index is 10.2. The van der Waals surface area contributed by atoms with Crippen LogP contribution in [-0.2, 0) is 0 Å². The number of aliphatic hydroxyl groups is 1. The smallest absolute Gasteiger partial charge is 0.119 e. The zero-order valence-electron chi connectivity index (χ0n) is 11.2. The van der Waals surface area contributed by atoms with Crippen LogP contribution in [0.4, 0.5) is 0 Å². The molecular weight excluding hydrogens is 236 g/mol. The fraction of sp³-hybridized carbons (Fsp3) is 0.294. The Kier molecular flexibility index (Phi) is 4.99. The van der Waals surface area contributed by atoms with Gasteiger partial charge < -0.3 is 9.84 Å². The van der Waals surface area contributed by atoms with Gasteiger partial charge in [-0.1, -0.05) is 55.5 Å². The highest BCUT2D eigenvalue weighted by Gasteiger charge is 2.15. The summed E-state index contributed by atoms with van der Waals surface area (Å²) in [6, 6.07) is 19.5. The Bertz CT molecular complexity index is 467. The molecule has 2 aromatic carbocycles. The van der Waals surface area contributed by atoms with Gasteiger partial charge in [0.15, 0.2) is 0 Å². The number of benzene rings is 2. The molecule has 0 aliphatic carbocycles. The minimum absolute atomic E-state index is 0.172. The van der Waals surface area contributed by atoms with Gasteiger partial charge in [0.1, 0.15) is 5.75 Å². The van der Waals surface area contributed by atoms with Crippen molar-refractivity contribution in [3.8, 4) is 5.75 Å². The third-order valence-corrected chi connectivity index (χ3v) is 3.27. The molecule has 0 bridgehead atoms. The van der Waals surface area contributed by atoms with Crippen molar-refractivity contribution in [1.82, 2.24) is 0 Å². The summed E-state index contributed by atoms with van der Waals surface area (Å²) in [5, 5.41) is 10.2. The summed E-state index contributed by atoms with van der Waals surface area (Å²) in [4.78, 5) is 0. The van der Waals surface area contributed by atoms with Crippen molar-refractivity contribution in [3.63, 3.8) is 0 Å². The van der Waals surface area contributed by atoms with Gasteiger partial charge in [-0.3, -0.25) is 0 Å². The molecule has 0 saturated carbocycles. The molecule has 0 radical (unpaired) electrons. The first-order chi connectivity index (χ1) is 9.27.